The molecule has 36 heavy (non-hydrogen) atoms. The van der Waals surface area contributed by atoms with Crippen LogP contribution in [0, 0.1) is 23.2 Å². The van der Waals surface area contributed by atoms with E-state index in [0.717, 1.165) is 0 Å². The third kappa shape index (κ3) is 4.56. The smallest absolute Gasteiger partial charge is 0.408 e. The van der Waals surface area contributed by atoms with Crippen LogP contribution < -0.4 is 16.0 Å². The van der Waals surface area contributed by atoms with Crippen molar-refractivity contribution < 1.29 is 34.1 Å². The summed E-state index contributed by atoms with van der Waals surface area (Å²) in [5.74, 6) is -5.33. The molecule has 5 N–H and O–H groups in total. The molecule has 3 amide bonds. The SMILES string of the molecule is CCC1(CC)C(NC(=O)Nc2ccc(Cl)cc2Cl)C2C(C(=O)O)C2C1(NC(=O)OC(C)(C)C)C(=O)O. The third-order valence-electron chi connectivity index (χ3n) is 7.39. The number of carboxylic acid groups (broad SMARTS) is 2. The van der Waals surface area contributed by atoms with Crippen molar-refractivity contribution in [2.45, 2.75) is 64.6 Å². The fourth-order valence-corrected chi connectivity index (χ4v) is 6.48. The molecule has 2 aliphatic carbocycles. The largest absolute Gasteiger partial charge is 0.481 e. The summed E-state index contributed by atoms with van der Waals surface area (Å²) in [6, 6.07) is 2.93. The predicted molar refractivity (Wildman–Crippen MR) is 133 cm³/mol. The van der Waals surface area contributed by atoms with Crippen LogP contribution in [0.25, 0.3) is 0 Å². The van der Waals surface area contributed by atoms with Gasteiger partial charge in [-0.25, -0.2) is 14.4 Å². The molecule has 0 bridgehead atoms. The van der Waals surface area contributed by atoms with Gasteiger partial charge in [-0.2, -0.15) is 0 Å². The van der Waals surface area contributed by atoms with Crippen molar-refractivity contribution in [2.24, 2.45) is 23.2 Å². The molecule has 1 aromatic carbocycles. The zero-order valence-electron chi connectivity index (χ0n) is 20.6. The number of rotatable bonds is 7. The number of nitrogens with one attached hydrogen (secondary N) is 3. The van der Waals surface area contributed by atoms with E-state index in [-0.39, 0.29) is 23.6 Å². The fraction of sp³-hybridized carbons (Fsp3) is 0.583. The number of hydrogen-bond acceptors (Lipinski definition) is 5. The van der Waals surface area contributed by atoms with Gasteiger partial charge in [-0.15, -0.1) is 0 Å². The van der Waals surface area contributed by atoms with Crippen LogP contribution in [0.2, 0.25) is 10.0 Å². The Kier molecular flexibility index (Phi) is 7.45. The van der Waals surface area contributed by atoms with E-state index in [0.29, 0.717) is 5.02 Å². The molecule has 0 heterocycles. The first-order valence-electron chi connectivity index (χ1n) is 11.6. The molecular formula is C24H31Cl2N3O7. The van der Waals surface area contributed by atoms with E-state index >= 15 is 0 Å². The second-order valence-electron chi connectivity index (χ2n) is 10.3. The number of carboxylic acids is 2. The first-order chi connectivity index (χ1) is 16.6. The number of ether oxygens (including phenoxy) is 1. The summed E-state index contributed by atoms with van der Waals surface area (Å²) in [6.07, 6.45) is -0.501. The van der Waals surface area contributed by atoms with Crippen LogP contribution in [0.1, 0.15) is 47.5 Å². The van der Waals surface area contributed by atoms with E-state index in [1.165, 1.54) is 12.1 Å². The number of carbonyl (C=O) groups excluding carboxylic acids is 2. The number of halogens is 2. The van der Waals surface area contributed by atoms with E-state index in [1.807, 2.05) is 0 Å². The lowest BCUT2D eigenvalue weighted by molar-refractivity contribution is -0.155. The molecule has 0 aliphatic heterocycles. The Balaban J connectivity index is 2.02. The summed E-state index contributed by atoms with van der Waals surface area (Å²) >= 11 is 12.1. The van der Waals surface area contributed by atoms with Gasteiger partial charge in [-0.05, 0) is 57.7 Å². The first kappa shape index (κ1) is 27.9. The highest BCUT2D eigenvalue weighted by molar-refractivity contribution is 6.36. The standard InChI is InChI=1S/C24H31Cl2N3O7/c1-6-23(7-2)17(28-20(34)27-13-9-8-11(25)10-12(13)26)14-15(18(30)31)16(14)24(23,19(32)33)29-21(35)36-22(3,4)5/h8-10,14-17H,6-7H2,1-5H3,(H,29,35)(H,30,31)(H,32,33)(H2,27,28,34). The molecule has 2 fully saturated rings. The van der Waals surface area contributed by atoms with Crippen molar-refractivity contribution in [2.75, 3.05) is 5.32 Å². The summed E-state index contributed by atoms with van der Waals surface area (Å²) in [7, 11) is 0. The number of fused-ring (bicyclic) bond motifs is 1. The van der Waals surface area contributed by atoms with Gasteiger partial charge < -0.3 is 30.9 Å². The lowest BCUT2D eigenvalue weighted by atomic mass is 9.62. The van der Waals surface area contributed by atoms with Crippen molar-refractivity contribution in [3.05, 3.63) is 28.2 Å². The van der Waals surface area contributed by atoms with Gasteiger partial charge in [0.05, 0.1) is 16.6 Å². The van der Waals surface area contributed by atoms with E-state index in [2.05, 4.69) is 16.0 Å². The minimum Gasteiger partial charge on any atom is -0.481 e. The lowest BCUT2D eigenvalue weighted by Crippen LogP contribution is -2.69. The normalized spacial score (nSPS) is 28.0. The molecule has 198 valence electrons. The molecule has 5 unspecified atom stereocenters. The molecule has 0 radical (unpaired) electrons. The molecule has 2 aliphatic rings. The summed E-state index contributed by atoms with van der Waals surface area (Å²) < 4.78 is 5.35. The van der Waals surface area contributed by atoms with Gasteiger partial charge in [0.25, 0.3) is 0 Å². The summed E-state index contributed by atoms with van der Waals surface area (Å²) in [4.78, 5) is 50.9. The van der Waals surface area contributed by atoms with Crippen molar-refractivity contribution in [3.8, 4) is 0 Å². The number of urea groups is 1. The highest BCUT2D eigenvalue weighted by Crippen LogP contribution is 2.71. The van der Waals surface area contributed by atoms with Crippen LogP contribution in [0.4, 0.5) is 15.3 Å². The van der Waals surface area contributed by atoms with Gasteiger partial charge in [-0.1, -0.05) is 37.0 Å². The Morgan fingerprint density at radius 1 is 1.08 bits per heavy atom. The second-order valence-corrected chi connectivity index (χ2v) is 11.1. The van der Waals surface area contributed by atoms with Crippen LogP contribution in [0.3, 0.4) is 0 Å². The van der Waals surface area contributed by atoms with Crippen LogP contribution >= 0.6 is 23.2 Å². The zero-order chi connectivity index (χ0) is 27.2. The van der Waals surface area contributed by atoms with Crippen molar-refractivity contribution in [1.29, 1.82) is 0 Å². The average molecular weight is 544 g/mol. The molecule has 2 saturated carbocycles. The van der Waals surface area contributed by atoms with Gasteiger partial charge in [0.2, 0.25) is 0 Å². The third-order valence-corrected chi connectivity index (χ3v) is 7.94. The van der Waals surface area contributed by atoms with Gasteiger partial charge in [-0.3, -0.25) is 4.79 Å². The van der Waals surface area contributed by atoms with Crippen LogP contribution in [0.5, 0.6) is 0 Å². The molecule has 0 spiro atoms. The number of alkyl carbamates (subject to hydrolysis) is 1. The van der Waals surface area contributed by atoms with Crippen LogP contribution in [-0.2, 0) is 14.3 Å². The zero-order valence-corrected chi connectivity index (χ0v) is 22.2. The van der Waals surface area contributed by atoms with E-state index < -0.39 is 64.4 Å². The number of amides is 3. The van der Waals surface area contributed by atoms with Gasteiger partial charge >= 0.3 is 24.1 Å². The quantitative estimate of drug-likeness (QED) is 0.336. The van der Waals surface area contributed by atoms with Crippen LogP contribution in [-0.4, -0.2) is 51.5 Å². The minimum absolute atomic E-state index is 0.195. The maximum Gasteiger partial charge on any atom is 0.408 e. The summed E-state index contributed by atoms with van der Waals surface area (Å²) in [5, 5.41) is 28.9. The second kappa shape index (κ2) is 9.63. The van der Waals surface area contributed by atoms with Crippen molar-refractivity contribution in [1.82, 2.24) is 10.6 Å². The summed E-state index contributed by atoms with van der Waals surface area (Å²) in [5.41, 5.74) is -3.83. The Labute approximate surface area is 219 Å². The molecule has 12 heteroatoms. The minimum atomic E-state index is -1.98. The van der Waals surface area contributed by atoms with Crippen molar-refractivity contribution in [3.63, 3.8) is 0 Å². The van der Waals surface area contributed by atoms with Crippen molar-refractivity contribution >= 4 is 53.0 Å². The monoisotopic (exact) mass is 543 g/mol. The number of benzene rings is 1. The number of aliphatic carboxylic acids is 2. The van der Waals surface area contributed by atoms with Crippen LogP contribution in [0.15, 0.2) is 18.2 Å². The van der Waals surface area contributed by atoms with E-state index in [9.17, 15) is 29.4 Å². The maximum atomic E-state index is 13.0. The Bertz CT molecular complexity index is 1090. The topological polar surface area (TPSA) is 154 Å². The molecule has 1 aromatic rings. The molecule has 3 rings (SSSR count). The predicted octanol–water partition coefficient (Wildman–Crippen LogP) is 4.60. The van der Waals surface area contributed by atoms with Gasteiger partial charge in [0.15, 0.2) is 5.54 Å². The molecule has 10 nitrogen and oxygen atoms in total. The average Bonchev–Trinajstić information content (AvgIpc) is 3.44. The molecular weight excluding hydrogens is 513 g/mol. The highest BCUT2D eigenvalue weighted by atomic mass is 35.5. The van der Waals surface area contributed by atoms with Gasteiger partial charge in [0.1, 0.15) is 5.60 Å². The first-order valence-corrected chi connectivity index (χ1v) is 12.4. The number of anilines is 1. The van der Waals surface area contributed by atoms with E-state index in [1.54, 1.807) is 40.7 Å². The highest BCUT2D eigenvalue weighted by Gasteiger charge is 2.84. The molecule has 5 atom stereocenters. The maximum absolute atomic E-state index is 13.0. The summed E-state index contributed by atoms with van der Waals surface area (Å²) in [6.45, 7) is 8.41. The Morgan fingerprint density at radius 2 is 1.69 bits per heavy atom. The number of carbonyl (C=O) groups is 4. The fourth-order valence-electron chi connectivity index (χ4n) is 6.02. The lowest BCUT2D eigenvalue weighted by Gasteiger charge is -2.48. The van der Waals surface area contributed by atoms with Gasteiger partial charge in [0, 0.05) is 22.4 Å². The Morgan fingerprint density at radius 3 is 2.17 bits per heavy atom. The molecule has 0 aromatic heterocycles. The van der Waals surface area contributed by atoms with E-state index in [4.69, 9.17) is 27.9 Å². The Hall–Kier alpha value is -2.72. The molecule has 0 saturated heterocycles. The number of hydrogen-bond donors (Lipinski definition) is 5.